The molecule has 0 spiro atoms. The van der Waals surface area contributed by atoms with Crippen LogP contribution in [0.1, 0.15) is 36.1 Å². The van der Waals surface area contributed by atoms with E-state index in [1.807, 2.05) is 24.3 Å². The van der Waals surface area contributed by atoms with Crippen molar-refractivity contribution in [3.63, 3.8) is 0 Å². The summed E-state index contributed by atoms with van der Waals surface area (Å²) in [6.45, 7) is 0. The minimum atomic E-state index is -0.357. The van der Waals surface area contributed by atoms with Crippen molar-refractivity contribution >= 4 is 46.7 Å². The zero-order valence-electron chi connectivity index (χ0n) is 18.4. The Hall–Kier alpha value is -2.94. The lowest BCUT2D eigenvalue weighted by atomic mass is 9.94. The Morgan fingerprint density at radius 2 is 1.79 bits per heavy atom. The summed E-state index contributed by atoms with van der Waals surface area (Å²) in [6, 6.07) is 17.7. The molecule has 2 amide bonds. The van der Waals surface area contributed by atoms with Crippen LogP contribution in [0.4, 0.5) is 10.1 Å². The van der Waals surface area contributed by atoms with Gasteiger partial charge < -0.3 is 5.32 Å². The number of rotatable bonds is 7. The molecule has 34 heavy (non-hydrogen) atoms. The molecule has 1 aromatic heterocycles. The minimum absolute atomic E-state index is 0.262. The second-order valence-electron chi connectivity index (χ2n) is 8.13. The molecule has 2 heterocycles. The third-order valence-corrected chi connectivity index (χ3v) is 8.79. The van der Waals surface area contributed by atoms with E-state index in [4.69, 9.17) is 5.21 Å². The van der Waals surface area contributed by atoms with Gasteiger partial charge in [0, 0.05) is 27.9 Å². The molecule has 3 aromatic rings. The number of thiophene rings is 1. The van der Waals surface area contributed by atoms with Gasteiger partial charge in [-0.15, -0.1) is 23.1 Å². The zero-order chi connectivity index (χ0) is 24.0. The van der Waals surface area contributed by atoms with Gasteiger partial charge in [-0.3, -0.25) is 14.8 Å². The fourth-order valence-electron chi connectivity index (χ4n) is 3.96. The summed E-state index contributed by atoms with van der Waals surface area (Å²) in [5.74, 6) is 0.00128. The summed E-state index contributed by atoms with van der Waals surface area (Å²) in [7, 11) is 0. The number of carbonyl (C=O) groups excluding carboxylic acids is 2. The maximum atomic E-state index is 13.0. The largest absolute Gasteiger partial charge is 0.323 e. The van der Waals surface area contributed by atoms with Crippen molar-refractivity contribution in [2.45, 2.75) is 30.4 Å². The van der Waals surface area contributed by atoms with Crippen molar-refractivity contribution in [3.05, 3.63) is 83.0 Å². The Balaban J connectivity index is 1.44. The van der Waals surface area contributed by atoms with E-state index >= 15 is 0 Å². The topological polar surface area (TPSA) is 78.4 Å². The lowest BCUT2D eigenvalue weighted by Gasteiger charge is -2.35. The molecule has 0 bridgehead atoms. The minimum Gasteiger partial charge on any atom is -0.323 e. The van der Waals surface area contributed by atoms with Gasteiger partial charge in [0.15, 0.2) is 0 Å². The number of amides is 2. The van der Waals surface area contributed by atoms with Crippen molar-refractivity contribution in [3.8, 4) is 10.4 Å². The number of hydroxylamine groups is 1. The van der Waals surface area contributed by atoms with E-state index in [1.165, 1.54) is 30.3 Å². The Labute approximate surface area is 206 Å². The average Bonchev–Trinajstić information content (AvgIpc) is 3.36. The summed E-state index contributed by atoms with van der Waals surface area (Å²) in [5, 5.41) is 11.7. The summed E-state index contributed by atoms with van der Waals surface area (Å²) in [5.41, 5.74) is 4.27. The molecule has 1 aliphatic rings. The molecule has 0 aliphatic carbocycles. The van der Waals surface area contributed by atoms with Crippen LogP contribution in [0.5, 0.6) is 0 Å². The number of thioether (sulfide) groups is 1. The van der Waals surface area contributed by atoms with Gasteiger partial charge in [-0.2, -0.15) is 0 Å². The standard InChI is InChI=1S/C26H25FN2O3S2/c27-20-8-10-21(11-9-20)28-24(30)14-5-18-3-6-19(7-4-18)22-12-13-23(34-22)26(17-25(31)29-32)15-1-2-16-33-26/h3-14,32H,1-2,15-17H2,(H,28,30)(H,29,31)/t26-/m0/s1. The number of nitrogens with one attached hydrogen (secondary N) is 2. The number of hydrogen-bond donors (Lipinski definition) is 3. The highest BCUT2D eigenvalue weighted by atomic mass is 32.2. The molecule has 4 rings (SSSR count). The quantitative estimate of drug-likeness (QED) is 0.206. The van der Waals surface area contributed by atoms with Crippen LogP contribution < -0.4 is 10.8 Å². The number of carbonyl (C=O) groups is 2. The second-order valence-corrected chi connectivity index (χ2v) is 10.7. The fraction of sp³-hybridized carbons (Fsp3) is 0.231. The maximum absolute atomic E-state index is 13.0. The van der Waals surface area contributed by atoms with Crippen LogP contribution in [0, 0.1) is 5.82 Å². The van der Waals surface area contributed by atoms with E-state index in [0.29, 0.717) is 5.69 Å². The summed E-state index contributed by atoms with van der Waals surface area (Å²) in [6.07, 6.45) is 6.55. The highest BCUT2D eigenvalue weighted by molar-refractivity contribution is 8.00. The van der Waals surface area contributed by atoms with Crippen LogP contribution in [-0.4, -0.2) is 22.8 Å². The first kappa shape index (κ1) is 24.2. The summed E-state index contributed by atoms with van der Waals surface area (Å²) < 4.78 is 12.7. The van der Waals surface area contributed by atoms with Gasteiger partial charge in [0.05, 0.1) is 4.75 Å². The number of hydrogen-bond acceptors (Lipinski definition) is 5. The zero-order valence-corrected chi connectivity index (χ0v) is 20.1. The van der Waals surface area contributed by atoms with Gasteiger partial charge in [0.1, 0.15) is 5.82 Å². The highest BCUT2D eigenvalue weighted by Gasteiger charge is 2.38. The predicted molar refractivity (Wildman–Crippen MR) is 136 cm³/mol. The van der Waals surface area contributed by atoms with Gasteiger partial charge >= 0.3 is 0 Å². The lowest BCUT2D eigenvalue weighted by Crippen LogP contribution is -2.32. The van der Waals surface area contributed by atoms with E-state index in [1.54, 1.807) is 34.7 Å². The molecule has 8 heteroatoms. The third kappa shape index (κ3) is 5.94. The Morgan fingerprint density at radius 3 is 2.47 bits per heavy atom. The van der Waals surface area contributed by atoms with Crippen LogP contribution in [0.15, 0.2) is 66.7 Å². The molecule has 5 nitrogen and oxygen atoms in total. The van der Waals surface area contributed by atoms with Crippen molar-refractivity contribution < 1.29 is 19.2 Å². The van der Waals surface area contributed by atoms with Crippen molar-refractivity contribution in [2.75, 3.05) is 11.1 Å². The molecule has 1 aliphatic heterocycles. The van der Waals surface area contributed by atoms with E-state index in [-0.39, 0.29) is 28.8 Å². The Kier molecular flexibility index (Phi) is 7.82. The molecule has 176 valence electrons. The van der Waals surface area contributed by atoms with Crippen LogP contribution in [0.3, 0.4) is 0 Å². The van der Waals surface area contributed by atoms with Gasteiger partial charge in [-0.25, -0.2) is 9.87 Å². The number of halogens is 1. The Bertz CT molecular complexity index is 1170. The maximum Gasteiger partial charge on any atom is 0.248 e. The van der Waals surface area contributed by atoms with Gasteiger partial charge in [0.2, 0.25) is 11.8 Å². The molecule has 0 unspecified atom stereocenters. The molecule has 3 N–H and O–H groups in total. The molecule has 2 aromatic carbocycles. The molecule has 0 radical (unpaired) electrons. The van der Waals surface area contributed by atoms with Crippen LogP contribution in [0.25, 0.3) is 16.5 Å². The average molecular weight is 497 g/mol. The molecule has 1 saturated heterocycles. The molecular weight excluding hydrogens is 471 g/mol. The lowest BCUT2D eigenvalue weighted by molar-refractivity contribution is -0.129. The fourth-order valence-corrected chi connectivity index (χ4v) is 6.85. The predicted octanol–water partition coefficient (Wildman–Crippen LogP) is 6.21. The molecule has 1 fully saturated rings. The first-order valence-electron chi connectivity index (χ1n) is 11.0. The number of benzene rings is 2. The van der Waals surface area contributed by atoms with Crippen LogP contribution in [-0.2, 0) is 14.3 Å². The van der Waals surface area contributed by atoms with Gasteiger partial charge in [0.25, 0.3) is 0 Å². The summed E-state index contributed by atoms with van der Waals surface area (Å²) >= 11 is 3.48. The van der Waals surface area contributed by atoms with Gasteiger partial charge in [-0.05, 0) is 72.2 Å². The van der Waals surface area contributed by atoms with E-state index < -0.39 is 0 Å². The first-order chi connectivity index (χ1) is 16.5. The van der Waals surface area contributed by atoms with Crippen LogP contribution in [0.2, 0.25) is 0 Å². The molecular formula is C26H25FN2O3S2. The normalized spacial score (nSPS) is 18.1. The van der Waals surface area contributed by atoms with Crippen molar-refractivity contribution in [2.24, 2.45) is 0 Å². The smallest absolute Gasteiger partial charge is 0.248 e. The monoisotopic (exact) mass is 496 g/mol. The first-order valence-corrected chi connectivity index (χ1v) is 12.8. The van der Waals surface area contributed by atoms with E-state index in [2.05, 4.69) is 17.4 Å². The van der Waals surface area contributed by atoms with Crippen LogP contribution >= 0.6 is 23.1 Å². The molecule has 1 atom stereocenters. The Morgan fingerprint density at radius 1 is 1.03 bits per heavy atom. The van der Waals surface area contributed by atoms with E-state index in [0.717, 1.165) is 45.9 Å². The second kappa shape index (κ2) is 11.0. The highest BCUT2D eigenvalue weighted by Crippen LogP contribution is 2.50. The number of anilines is 1. The SMILES string of the molecule is O=C(C=Cc1ccc(-c2ccc([C@@]3(CC(=O)NO)CCCCS3)s2)cc1)Nc1ccc(F)cc1. The van der Waals surface area contributed by atoms with Gasteiger partial charge in [-0.1, -0.05) is 30.7 Å². The summed E-state index contributed by atoms with van der Waals surface area (Å²) in [4.78, 5) is 26.3. The van der Waals surface area contributed by atoms with Crippen molar-refractivity contribution in [1.82, 2.24) is 5.48 Å². The molecule has 0 saturated carbocycles. The van der Waals surface area contributed by atoms with E-state index in [9.17, 15) is 14.0 Å². The van der Waals surface area contributed by atoms with Crippen molar-refractivity contribution in [1.29, 1.82) is 0 Å². The third-order valence-electron chi connectivity index (χ3n) is 5.71.